The Morgan fingerprint density at radius 1 is 0.903 bits per heavy atom. The van der Waals surface area contributed by atoms with Gasteiger partial charge in [-0.1, -0.05) is 53.7 Å². The highest BCUT2D eigenvalue weighted by Crippen LogP contribution is 2.47. The minimum atomic E-state index is -1.90. The molecule has 4 nitrogen and oxygen atoms in total. The summed E-state index contributed by atoms with van der Waals surface area (Å²) in [5, 5.41) is 1.13. The molecule has 0 saturated heterocycles. The van der Waals surface area contributed by atoms with Crippen molar-refractivity contribution in [2.45, 2.75) is 64.3 Å². The molecule has 5 heteroatoms. The van der Waals surface area contributed by atoms with E-state index in [1.165, 1.54) is 5.52 Å². The highest BCUT2D eigenvalue weighted by molar-refractivity contribution is 6.82. The summed E-state index contributed by atoms with van der Waals surface area (Å²) in [4.78, 5) is 12.7. The van der Waals surface area contributed by atoms with E-state index < -0.39 is 8.24 Å². The molecule has 1 aliphatic rings. The normalized spacial score (nSPS) is 16.5. The van der Waals surface area contributed by atoms with Gasteiger partial charge in [0.25, 0.3) is 0 Å². The lowest BCUT2D eigenvalue weighted by Gasteiger charge is -2.44. The maximum absolute atomic E-state index is 12.7. The van der Waals surface area contributed by atoms with Crippen LogP contribution in [0, 0.1) is 0 Å². The molecule has 0 N–H and O–H groups in total. The Labute approximate surface area is 186 Å². The van der Waals surface area contributed by atoms with Crippen molar-refractivity contribution in [3.05, 3.63) is 65.4 Å². The van der Waals surface area contributed by atoms with Gasteiger partial charge in [-0.2, -0.15) is 0 Å². The van der Waals surface area contributed by atoms with E-state index in [2.05, 4.69) is 64.1 Å². The number of cyclic esters (lactones) is 1. The van der Waals surface area contributed by atoms with Crippen LogP contribution in [0.15, 0.2) is 48.7 Å². The Kier molecular flexibility index (Phi) is 5.50. The molecular weight excluding hydrogens is 402 g/mol. The first-order valence-electron chi connectivity index (χ1n) is 11.2. The van der Waals surface area contributed by atoms with Gasteiger partial charge in [0.05, 0.1) is 12.7 Å². The molecule has 0 amide bonds. The maximum Gasteiger partial charge on any atom is 0.339 e. The molecule has 0 fully saturated rings. The van der Waals surface area contributed by atoms with Crippen molar-refractivity contribution in [1.29, 1.82) is 0 Å². The summed E-state index contributed by atoms with van der Waals surface area (Å²) in [7, 11) is -0.252. The standard InChI is InChI=1S/C26H33NO3Si/c1-16(2)31(17(3)4,18(5)6)27-15-14-21-23(27)13-12-22-24(21)25(30-26(22)28)19-8-10-20(29-7)11-9-19/h8-18,25H,1-7H3. The van der Waals surface area contributed by atoms with Gasteiger partial charge in [-0.05, 0) is 58.7 Å². The van der Waals surface area contributed by atoms with Gasteiger partial charge in [0.2, 0.25) is 0 Å². The van der Waals surface area contributed by atoms with E-state index in [1.54, 1.807) is 7.11 Å². The molecule has 2 heterocycles. The van der Waals surface area contributed by atoms with Crippen LogP contribution in [-0.2, 0) is 4.74 Å². The van der Waals surface area contributed by atoms with E-state index in [4.69, 9.17) is 9.47 Å². The van der Waals surface area contributed by atoms with Crippen molar-refractivity contribution in [3.63, 3.8) is 0 Å². The highest BCUT2D eigenvalue weighted by Gasteiger charge is 2.46. The number of aromatic nitrogens is 1. The van der Waals surface area contributed by atoms with Gasteiger partial charge in [0.15, 0.2) is 14.3 Å². The van der Waals surface area contributed by atoms with Crippen LogP contribution in [0.3, 0.4) is 0 Å². The summed E-state index contributed by atoms with van der Waals surface area (Å²) in [6.45, 7) is 14.2. The van der Waals surface area contributed by atoms with Crippen molar-refractivity contribution in [2.24, 2.45) is 0 Å². The van der Waals surface area contributed by atoms with E-state index in [0.717, 1.165) is 22.3 Å². The number of esters is 1. The average Bonchev–Trinajstić information content (AvgIpc) is 3.29. The van der Waals surface area contributed by atoms with Crippen LogP contribution in [0.4, 0.5) is 0 Å². The Hall–Kier alpha value is -2.53. The second-order valence-electron chi connectivity index (χ2n) is 9.56. The van der Waals surface area contributed by atoms with Crippen LogP contribution in [0.2, 0.25) is 16.6 Å². The summed E-state index contributed by atoms with van der Waals surface area (Å²) in [5.41, 5.74) is 5.62. The van der Waals surface area contributed by atoms with Gasteiger partial charge >= 0.3 is 5.97 Å². The fourth-order valence-corrected chi connectivity index (χ4v) is 12.7. The third kappa shape index (κ3) is 3.13. The molecule has 4 rings (SSSR count). The summed E-state index contributed by atoms with van der Waals surface area (Å²) in [6, 6.07) is 14.1. The summed E-state index contributed by atoms with van der Waals surface area (Å²) in [5.74, 6) is 0.546. The van der Waals surface area contributed by atoms with Gasteiger partial charge < -0.3 is 13.7 Å². The monoisotopic (exact) mass is 435 g/mol. The molecule has 1 aromatic heterocycles. The van der Waals surface area contributed by atoms with Crippen LogP contribution in [-0.4, -0.2) is 25.5 Å². The molecule has 164 valence electrons. The second kappa shape index (κ2) is 7.86. The highest BCUT2D eigenvalue weighted by atomic mass is 28.3. The van der Waals surface area contributed by atoms with Crippen molar-refractivity contribution in [2.75, 3.05) is 7.11 Å². The van der Waals surface area contributed by atoms with Gasteiger partial charge in [0.1, 0.15) is 5.75 Å². The van der Waals surface area contributed by atoms with E-state index in [1.807, 2.05) is 30.3 Å². The zero-order chi connectivity index (χ0) is 22.5. The number of methoxy groups -OCH3 is 1. The third-order valence-corrected chi connectivity index (χ3v) is 14.0. The molecule has 31 heavy (non-hydrogen) atoms. The van der Waals surface area contributed by atoms with Crippen LogP contribution in [0.5, 0.6) is 5.75 Å². The molecule has 2 aromatic carbocycles. The SMILES string of the molecule is COc1ccc(C2OC(=O)c3ccc4c(ccn4[Si](C(C)C)(C(C)C)C(C)C)c32)cc1. The first kappa shape index (κ1) is 21.7. The predicted molar refractivity (Wildman–Crippen MR) is 129 cm³/mol. The molecule has 0 radical (unpaired) electrons. The Morgan fingerprint density at radius 3 is 2.06 bits per heavy atom. The number of fused-ring (bicyclic) bond motifs is 3. The molecule has 0 saturated carbocycles. The van der Waals surface area contributed by atoms with Crippen molar-refractivity contribution < 1.29 is 14.3 Å². The number of hydrogen-bond donors (Lipinski definition) is 0. The zero-order valence-corrected chi connectivity index (χ0v) is 20.6. The zero-order valence-electron chi connectivity index (χ0n) is 19.6. The Morgan fingerprint density at radius 2 is 1.52 bits per heavy atom. The third-order valence-electron chi connectivity index (χ3n) is 7.23. The van der Waals surface area contributed by atoms with Crippen molar-refractivity contribution in [1.82, 2.24) is 4.23 Å². The number of hydrogen-bond acceptors (Lipinski definition) is 3. The number of carbonyl (C=O) groups excluding carboxylic acids is 1. The summed E-state index contributed by atoms with van der Waals surface area (Å²) < 4.78 is 13.7. The lowest BCUT2D eigenvalue weighted by Crippen LogP contribution is -2.51. The van der Waals surface area contributed by atoms with Crippen LogP contribution in [0.1, 0.15) is 69.1 Å². The number of benzene rings is 2. The smallest absolute Gasteiger partial charge is 0.339 e. The molecule has 1 atom stereocenters. The number of rotatable bonds is 6. The average molecular weight is 436 g/mol. The number of carbonyl (C=O) groups is 1. The van der Waals surface area contributed by atoms with E-state index in [9.17, 15) is 4.79 Å². The molecular formula is C26H33NO3Si. The van der Waals surface area contributed by atoms with Crippen molar-refractivity contribution in [3.8, 4) is 5.75 Å². The quantitative estimate of drug-likeness (QED) is 0.311. The summed E-state index contributed by atoms with van der Waals surface area (Å²) >= 11 is 0. The fourth-order valence-electron chi connectivity index (χ4n) is 6.12. The molecule has 0 aliphatic carbocycles. The van der Waals surface area contributed by atoms with Gasteiger partial charge in [0, 0.05) is 16.5 Å². The summed E-state index contributed by atoms with van der Waals surface area (Å²) in [6.07, 6.45) is 1.88. The Balaban J connectivity index is 1.93. The lowest BCUT2D eigenvalue weighted by atomic mass is 9.96. The lowest BCUT2D eigenvalue weighted by molar-refractivity contribution is 0.0457. The van der Waals surface area contributed by atoms with E-state index in [0.29, 0.717) is 22.2 Å². The first-order valence-corrected chi connectivity index (χ1v) is 13.4. The second-order valence-corrected chi connectivity index (χ2v) is 15.3. The van der Waals surface area contributed by atoms with E-state index in [-0.39, 0.29) is 12.1 Å². The maximum atomic E-state index is 12.7. The Bertz CT molecular complexity index is 1090. The molecule has 3 aromatic rings. The molecule has 0 spiro atoms. The van der Waals surface area contributed by atoms with Crippen LogP contribution < -0.4 is 4.74 Å². The van der Waals surface area contributed by atoms with Gasteiger partial charge in [-0.3, -0.25) is 0 Å². The first-order chi connectivity index (χ1) is 14.7. The molecule has 1 unspecified atom stereocenters. The van der Waals surface area contributed by atoms with Crippen LogP contribution >= 0.6 is 0 Å². The molecule has 0 bridgehead atoms. The van der Waals surface area contributed by atoms with E-state index >= 15 is 0 Å². The largest absolute Gasteiger partial charge is 0.497 e. The topological polar surface area (TPSA) is 40.5 Å². The molecule has 1 aliphatic heterocycles. The minimum absolute atomic E-state index is 0.245. The predicted octanol–water partition coefficient (Wildman–Crippen LogP) is 6.93. The number of nitrogens with zero attached hydrogens (tertiary/aromatic N) is 1. The number of ether oxygens (including phenoxy) is 2. The van der Waals surface area contributed by atoms with Crippen molar-refractivity contribution >= 4 is 25.1 Å². The minimum Gasteiger partial charge on any atom is -0.497 e. The van der Waals surface area contributed by atoms with Gasteiger partial charge in [-0.25, -0.2) is 4.79 Å². The fraction of sp³-hybridized carbons (Fsp3) is 0.423. The van der Waals surface area contributed by atoms with Gasteiger partial charge in [-0.15, -0.1) is 0 Å². The van der Waals surface area contributed by atoms with Crippen LogP contribution in [0.25, 0.3) is 10.9 Å².